The van der Waals surface area contributed by atoms with Crippen LogP contribution in [0.2, 0.25) is 0 Å². The summed E-state index contributed by atoms with van der Waals surface area (Å²) in [6.45, 7) is 2.93. The van der Waals surface area contributed by atoms with Gasteiger partial charge in [-0.05, 0) is 32.4 Å². The van der Waals surface area contributed by atoms with Gasteiger partial charge in [0.25, 0.3) is 0 Å². The Kier molecular flexibility index (Phi) is 4.01. The van der Waals surface area contributed by atoms with E-state index in [0.29, 0.717) is 17.0 Å². The fourth-order valence-corrected chi connectivity index (χ4v) is 3.08. The Balaban J connectivity index is 1.97. The first kappa shape index (κ1) is 11.7. The number of aromatic nitrogens is 2. The molecular formula is C11H17N3OS. The lowest BCUT2D eigenvalue weighted by atomic mass is 10.1. The second-order valence-electron chi connectivity index (χ2n) is 4.14. The maximum atomic E-state index is 12.0. The van der Waals surface area contributed by atoms with E-state index in [1.54, 1.807) is 6.20 Å². The summed E-state index contributed by atoms with van der Waals surface area (Å²) in [5.74, 6) is 0.628. The zero-order chi connectivity index (χ0) is 11.4. The molecule has 1 aliphatic heterocycles. The molecule has 0 saturated carbocycles. The second kappa shape index (κ2) is 5.50. The molecule has 16 heavy (non-hydrogen) atoms. The van der Waals surface area contributed by atoms with E-state index in [1.165, 1.54) is 12.8 Å². The fraction of sp³-hybridized carbons (Fsp3) is 0.636. The maximum Gasteiger partial charge on any atom is 0.218 e. The number of hydrogen-bond donors (Lipinski definition) is 1. The van der Waals surface area contributed by atoms with Gasteiger partial charge in [-0.2, -0.15) is 0 Å². The summed E-state index contributed by atoms with van der Waals surface area (Å²) in [6, 6.07) is 2.18. The highest BCUT2D eigenvalue weighted by Crippen LogP contribution is 2.10. The number of rotatable bonds is 3. The van der Waals surface area contributed by atoms with Crippen LogP contribution in [0.15, 0.2) is 17.4 Å². The van der Waals surface area contributed by atoms with Gasteiger partial charge in [0.1, 0.15) is 0 Å². The molecule has 4 nitrogen and oxygen atoms in total. The summed E-state index contributed by atoms with van der Waals surface area (Å²) >= 11 is 0. The van der Waals surface area contributed by atoms with Crippen molar-refractivity contribution in [1.82, 2.24) is 15.3 Å². The van der Waals surface area contributed by atoms with Crippen LogP contribution in [0.3, 0.4) is 0 Å². The van der Waals surface area contributed by atoms with Crippen molar-refractivity contribution in [2.24, 2.45) is 0 Å². The molecule has 1 aromatic heterocycles. The van der Waals surface area contributed by atoms with E-state index < -0.39 is 10.8 Å². The van der Waals surface area contributed by atoms with Crippen molar-refractivity contribution in [3.8, 4) is 0 Å². The smallest absolute Gasteiger partial charge is 0.218 e. The summed E-state index contributed by atoms with van der Waals surface area (Å²) in [6.07, 6.45) is 5.23. The molecule has 0 radical (unpaired) electrons. The second-order valence-corrected chi connectivity index (χ2v) is 5.53. The van der Waals surface area contributed by atoms with Crippen LogP contribution in [0.25, 0.3) is 0 Å². The predicted octanol–water partition coefficient (Wildman–Crippen LogP) is 1.03. The van der Waals surface area contributed by atoms with Gasteiger partial charge in [-0.15, -0.1) is 0 Å². The van der Waals surface area contributed by atoms with Crippen molar-refractivity contribution in [1.29, 1.82) is 0 Å². The minimum atomic E-state index is -1.08. The van der Waals surface area contributed by atoms with Gasteiger partial charge in [0, 0.05) is 23.7 Å². The Bertz CT molecular complexity index is 377. The van der Waals surface area contributed by atoms with Crippen LogP contribution in [0, 0.1) is 6.92 Å². The Labute approximate surface area is 98.3 Å². The summed E-state index contributed by atoms with van der Waals surface area (Å²) in [5.41, 5.74) is 0.870. The quantitative estimate of drug-likeness (QED) is 0.801. The van der Waals surface area contributed by atoms with Gasteiger partial charge < -0.3 is 5.32 Å². The molecule has 0 aromatic carbocycles. The molecule has 0 amide bonds. The van der Waals surface area contributed by atoms with E-state index in [-0.39, 0.29) is 0 Å². The molecule has 88 valence electrons. The highest BCUT2D eigenvalue weighted by molar-refractivity contribution is 7.84. The SMILES string of the molecule is Cc1ccnc([S@](=O)C[C@H]2CCCCN2)n1. The van der Waals surface area contributed by atoms with Crippen molar-refractivity contribution in [3.63, 3.8) is 0 Å². The molecule has 1 fully saturated rings. The van der Waals surface area contributed by atoms with E-state index in [2.05, 4.69) is 15.3 Å². The third-order valence-corrected chi connectivity index (χ3v) is 4.05. The van der Waals surface area contributed by atoms with Gasteiger partial charge in [0.05, 0.1) is 10.8 Å². The van der Waals surface area contributed by atoms with Crippen LogP contribution in [-0.2, 0) is 10.8 Å². The maximum absolute atomic E-state index is 12.0. The molecule has 0 unspecified atom stereocenters. The highest BCUT2D eigenvalue weighted by Gasteiger charge is 2.17. The fourth-order valence-electron chi connectivity index (χ4n) is 1.86. The van der Waals surface area contributed by atoms with E-state index in [1.807, 2.05) is 13.0 Å². The number of nitrogens with one attached hydrogen (secondary N) is 1. The minimum Gasteiger partial charge on any atom is -0.313 e. The van der Waals surface area contributed by atoms with E-state index in [0.717, 1.165) is 18.7 Å². The van der Waals surface area contributed by atoms with Crippen molar-refractivity contribution < 1.29 is 4.21 Å². The number of nitrogens with zero attached hydrogens (tertiary/aromatic N) is 2. The van der Waals surface area contributed by atoms with E-state index in [9.17, 15) is 4.21 Å². The van der Waals surface area contributed by atoms with Gasteiger partial charge in [-0.25, -0.2) is 9.97 Å². The standard InChI is InChI=1S/C11H17N3OS/c1-9-5-7-13-11(14-9)16(15)8-10-4-2-3-6-12-10/h5,7,10,12H,2-4,6,8H2,1H3/t10-,16-/m1/s1. The van der Waals surface area contributed by atoms with E-state index >= 15 is 0 Å². The topological polar surface area (TPSA) is 54.9 Å². The Morgan fingerprint density at radius 2 is 2.44 bits per heavy atom. The average molecular weight is 239 g/mol. The lowest BCUT2D eigenvalue weighted by Gasteiger charge is -2.22. The monoisotopic (exact) mass is 239 g/mol. The molecule has 0 spiro atoms. The average Bonchev–Trinajstić information content (AvgIpc) is 2.30. The molecule has 1 aliphatic rings. The molecule has 2 rings (SSSR count). The van der Waals surface area contributed by atoms with Crippen LogP contribution < -0.4 is 5.32 Å². The Morgan fingerprint density at radius 3 is 3.12 bits per heavy atom. The van der Waals surface area contributed by atoms with Gasteiger partial charge in [0.2, 0.25) is 5.16 Å². The van der Waals surface area contributed by atoms with Crippen molar-refractivity contribution in [2.45, 2.75) is 37.4 Å². The van der Waals surface area contributed by atoms with Crippen LogP contribution >= 0.6 is 0 Å². The van der Waals surface area contributed by atoms with Crippen LogP contribution in [0.4, 0.5) is 0 Å². The number of aryl methyl sites for hydroxylation is 1. The van der Waals surface area contributed by atoms with Crippen LogP contribution in [0.1, 0.15) is 25.0 Å². The largest absolute Gasteiger partial charge is 0.313 e. The molecular weight excluding hydrogens is 222 g/mol. The van der Waals surface area contributed by atoms with Gasteiger partial charge in [0.15, 0.2) is 0 Å². The first-order chi connectivity index (χ1) is 7.75. The summed E-state index contributed by atoms with van der Waals surface area (Å²) in [5, 5.41) is 3.85. The molecule has 1 N–H and O–H groups in total. The molecule has 2 atom stereocenters. The minimum absolute atomic E-state index is 0.360. The lowest BCUT2D eigenvalue weighted by molar-refractivity contribution is 0.427. The van der Waals surface area contributed by atoms with E-state index in [4.69, 9.17) is 0 Å². The molecule has 0 aliphatic carbocycles. The first-order valence-corrected chi connectivity index (χ1v) is 6.99. The zero-order valence-electron chi connectivity index (χ0n) is 9.48. The first-order valence-electron chi connectivity index (χ1n) is 5.67. The third-order valence-electron chi connectivity index (χ3n) is 2.74. The van der Waals surface area contributed by atoms with Crippen LogP contribution in [0.5, 0.6) is 0 Å². The Morgan fingerprint density at radius 1 is 1.56 bits per heavy atom. The summed E-state index contributed by atoms with van der Waals surface area (Å²) in [4.78, 5) is 8.27. The summed E-state index contributed by atoms with van der Waals surface area (Å²) in [7, 11) is -1.08. The molecule has 1 saturated heterocycles. The summed E-state index contributed by atoms with van der Waals surface area (Å²) < 4.78 is 12.0. The lowest BCUT2D eigenvalue weighted by Crippen LogP contribution is -2.38. The molecule has 2 heterocycles. The zero-order valence-corrected chi connectivity index (χ0v) is 10.3. The number of hydrogen-bond acceptors (Lipinski definition) is 4. The van der Waals surface area contributed by atoms with Gasteiger partial charge in [-0.1, -0.05) is 6.42 Å². The third kappa shape index (κ3) is 3.09. The predicted molar refractivity (Wildman–Crippen MR) is 63.7 cm³/mol. The van der Waals surface area contributed by atoms with Crippen LogP contribution in [-0.4, -0.2) is 32.5 Å². The highest BCUT2D eigenvalue weighted by atomic mass is 32.2. The van der Waals surface area contributed by atoms with Gasteiger partial charge in [-0.3, -0.25) is 4.21 Å². The normalized spacial score (nSPS) is 22.9. The van der Waals surface area contributed by atoms with Crippen molar-refractivity contribution in [2.75, 3.05) is 12.3 Å². The van der Waals surface area contributed by atoms with Crippen molar-refractivity contribution in [3.05, 3.63) is 18.0 Å². The molecule has 1 aromatic rings. The molecule has 0 bridgehead atoms. The number of piperidine rings is 1. The van der Waals surface area contributed by atoms with Crippen molar-refractivity contribution >= 4 is 10.8 Å². The van der Waals surface area contributed by atoms with Gasteiger partial charge >= 0.3 is 0 Å². The Hall–Kier alpha value is -0.810. The molecule has 5 heteroatoms.